The molecule has 1 aliphatic carbocycles. The number of amides is 1. The van der Waals surface area contributed by atoms with Gasteiger partial charge in [0.05, 0.1) is 6.04 Å². The highest BCUT2D eigenvalue weighted by atomic mass is 35.5. The van der Waals surface area contributed by atoms with Crippen molar-refractivity contribution in [2.24, 2.45) is 0 Å². The lowest BCUT2D eigenvalue weighted by Gasteiger charge is -2.25. The number of ether oxygens (including phenoxy) is 1. The number of carbonyl (C=O) groups is 2. The lowest BCUT2D eigenvalue weighted by Crippen LogP contribution is -2.41. The van der Waals surface area contributed by atoms with Gasteiger partial charge in [0.1, 0.15) is 6.61 Å². The highest BCUT2D eigenvalue weighted by Gasteiger charge is 2.37. The molecule has 5 heteroatoms. The van der Waals surface area contributed by atoms with Crippen molar-refractivity contribution in [2.45, 2.75) is 30.7 Å². The van der Waals surface area contributed by atoms with Crippen LogP contribution in [-0.4, -0.2) is 36.0 Å². The van der Waals surface area contributed by atoms with E-state index in [4.69, 9.17) is 16.3 Å². The molecular formula is C39H32ClNO3. The summed E-state index contributed by atoms with van der Waals surface area (Å²) in [6.45, 7) is 0.716. The van der Waals surface area contributed by atoms with E-state index in [-0.39, 0.29) is 24.2 Å². The average molecular weight is 598 g/mol. The van der Waals surface area contributed by atoms with Crippen LogP contribution in [0.3, 0.4) is 0 Å². The molecule has 0 aromatic heterocycles. The van der Waals surface area contributed by atoms with E-state index >= 15 is 0 Å². The molecule has 0 radical (unpaired) electrons. The molecule has 4 nitrogen and oxygen atoms in total. The van der Waals surface area contributed by atoms with Crippen LogP contribution in [0.5, 0.6) is 0 Å². The van der Waals surface area contributed by atoms with Gasteiger partial charge in [0.2, 0.25) is 0 Å². The number of fused-ring (bicyclic) bond motifs is 3. The highest BCUT2D eigenvalue weighted by molar-refractivity contribution is 6.32. The Bertz CT molecular complexity index is 1740. The smallest absolute Gasteiger partial charge is 0.410 e. The fourth-order valence-corrected chi connectivity index (χ4v) is 7.17. The van der Waals surface area contributed by atoms with Crippen molar-refractivity contribution in [3.05, 3.63) is 166 Å². The van der Waals surface area contributed by atoms with E-state index in [1.165, 1.54) is 11.1 Å². The third-order valence-electron chi connectivity index (χ3n) is 8.99. The van der Waals surface area contributed by atoms with Crippen LogP contribution in [0.25, 0.3) is 11.1 Å². The summed E-state index contributed by atoms with van der Waals surface area (Å²) in [4.78, 5) is 28.8. The highest BCUT2D eigenvalue weighted by Crippen LogP contribution is 2.44. The number of nitrogens with zero attached hydrogens (tertiary/aromatic N) is 1. The predicted molar refractivity (Wildman–Crippen MR) is 174 cm³/mol. The van der Waals surface area contributed by atoms with E-state index in [1.54, 1.807) is 11.0 Å². The van der Waals surface area contributed by atoms with Gasteiger partial charge in [0.25, 0.3) is 0 Å². The van der Waals surface area contributed by atoms with Crippen LogP contribution < -0.4 is 0 Å². The van der Waals surface area contributed by atoms with Gasteiger partial charge in [-0.25, -0.2) is 4.79 Å². The first-order valence-corrected chi connectivity index (χ1v) is 15.5. The molecule has 2 aliphatic rings. The van der Waals surface area contributed by atoms with Crippen molar-refractivity contribution < 1.29 is 14.3 Å². The number of hydrogen-bond acceptors (Lipinski definition) is 3. The minimum Gasteiger partial charge on any atom is -0.448 e. The standard InChI is InChI=1S/C39H32ClNO3/c40-35-24-28(21-22-33(35)37(26-12-3-1-4-13-26)27-14-5-2-6-15-27)38(42)36-20-11-23-41(36)39(43)44-25-34-31-18-9-7-16-29(31)30-17-8-10-19-32(30)34/h1-10,12-19,21-22,24,34,36-37H,11,20,23,25H2/t36-/m0/s1. The van der Waals surface area contributed by atoms with Gasteiger partial charge in [0.15, 0.2) is 5.78 Å². The van der Waals surface area contributed by atoms with Crippen molar-refractivity contribution in [2.75, 3.05) is 13.2 Å². The Labute approximate surface area is 262 Å². The molecular weight excluding hydrogens is 566 g/mol. The maximum Gasteiger partial charge on any atom is 0.410 e. The molecule has 1 heterocycles. The normalized spacial score (nSPS) is 15.7. The molecule has 1 amide bonds. The number of carbonyl (C=O) groups excluding carboxylic acids is 2. The van der Waals surface area contributed by atoms with Gasteiger partial charge in [-0.2, -0.15) is 0 Å². The second kappa shape index (κ2) is 12.1. The average Bonchev–Trinajstić information content (AvgIpc) is 3.69. The first-order chi connectivity index (χ1) is 21.6. The Hall–Kier alpha value is -4.67. The van der Waals surface area contributed by atoms with Gasteiger partial charge in [0, 0.05) is 29.0 Å². The van der Waals surface area contributed by atoms with Crippen molar-refractivity contribution >= 4 is 23.5 Å². The van der Waals surface area contributed by atoms with Gasteiger partial charge in [-0.15, -0.1) is 0 Å². The third kappa shape index (κ3) is 5.20. The summed E-state index contributed by atoms with van der Waals surface area (Å²) < 4.78 is 5.92. The fraction of sp³-hybridized carbons (Fsp3) is 0.179. The fourth-order valence-electron chi connectivity index (χ4n) is 6.88. The molecule has 1 aliphatic heterocycles. The first-order valence-electron chi connectivity index (χ1n) is 15.2. The molecule has 0 saturated carbocycles. The second-order valence-corrected chi connectivity index (χ2v) is 11.9. The number of benzene rings is 5. The van der Waals surface area contributed by atoms with Gasteiger partial charge >= 0.3 is 6.09 Å². The summed E-state index contributed by atoms with van der Waals surface area (Å²) in [6, 6.07) is 42.0. The van der Waals surface area contributed by atoms with Crippen molar-refractivity contribution in [3.63, 3.8) is 0 Å². The largest absolute Gasteiger partial charge is 0.448 e. The van der Waals surface area contributed by atoms with Gasteiger partial charge < -0.3 is 4.74 Å². The van der Waals surface area contributed by atoms with E-state index < -0.39 is 12.1 Å². The lowest BCUT2D eigenvalue weighted by atomic mass is 9.84. The molecule has 0 unspecified atom stereocenters. The molecule has 44 heavy (non-hydrogen) atoms. The van der Waals surface area contributed by atoms with Gasteiger partial charge in [-0.3, -0.25) is 9.69 Å². The van der Waals surface area contributed by atoms with Crippen LogP contribution in [0.1, 0.15) is 62.9 Å². The maximum atomic E-state index is 13.8. The quantitative estimate of drug-likeness (QED) is 0.139. The van der Waals surface area contributed by atoms with Gasteiger partial charge in [-0.1, -0.05) is 133 Å². The van der Waals surface area contributed by atoms with Gasteiger partial charge in [-0.05, 0) is 57.9 Å². The summed E-state index contributed by atoms with van der Waals surface area (Å²) in [5.74, 6) is -0.213. The Kier molecular flexibility index (Phi) is 7.76. The Morgan fingerprint density at radius 3 is 1.91 bits per heavy atom. The van der Waals surface area contributed by atoms with E-state index in [0.717, 1.165) is 34.2 Å². The van der Waals surface area contributed by atoms with Crippen LogP contribution in [0.4, 0.5) is 4.79 Å². The molecule has 0 spiro atoms. The summed E-state index contributed by atoms with van der Waals surface area (Å²) in [7, 11) is 0. The van der Waals surface area contributed by atoms with Crippen molar-refractivity contribution in [3.8, 4) is 11.1 Å². The van der Waals surface area contributed by atoms with Crippen LogP contribution >= 0.6 is 11.6 Å². The molecule has 1 saturated heterocycles. The number of likely N-dealkylation sites (tertiary alicyclic amines) is 1. The van der Waals surface area contributed by atoms with Crippen LogP contribution in [0.2, 0.25) is 5.02 Å². The summed E-state index contributed by atoms with van der Waals surface area (Å²) in [6.07, 6.45) is 0.897. The van der Waals surface area contributed by atoms with Crippen LogP contribution in [0, 0.1) is 0 Å². The SMILES string of the molecule is O=C(c1ccc(C(c2ccccc2)c2ccccc2)c(Cl)c1)[C@@H]1CCCN1C(=O)OCC1c2ccccc2-c2ccccc21. The molecule has 7 rings (SSSR count). The number of rotatable bonds is 7. The molecule has 5 aromatic carbocycles. The molecule has 1 fully saturated rings. The van der Waals surface area contributed by atoms with E-state index in [0.29, 0.717) is 23.6 Å². The van der Waals surface area contributed by atoms with Crippen molar-refractivity contribution in [1.82, 2.24) is 4.90 Å². The second-order valence-electron chi connectivity index (χ2n) is 11.5. The zero-order chi connectivity index (χ0) is 30.0. The molecule has 0 bridgehead atoms. The van der Waals surface area contributed by atoms with Crippen LogP contribution in [-0.2, 0) is 4.74 Å². The topological polar surface area (TPSA) is 46.6 Å². The minimum atomic E-state index is -0.577. The number of ketones is 1. The summed E-state index contributed by atoms with van der Waals surface area (Å²) in [5, 5.41) is 0.527. The number of Topliss-reactive ketones (excluding diaryl/α,β-unsaturated/α-hetero) is 1. The van der Waals surface area contributed by atoms with E-state index in [2.05, 4.69) is 48.5 Å². The van der Waals surface area contributed by atoms with E-state index in [9.17, 15) is 9.59 Å². The zero-order valence-electron chi connectivity index (χ0n) is 24.2. The van der Waals surface area contributed by atoms with Crippen LogP contribution in [0.15, 0.2) is 127 Å². The Balaban J connectivity index is 1.09. The maximum absolute atomic E-state index is 13.8. The number of hydrogen-bond donors (Lipinski definition) is 0. The minimum absolute atomic E-state index is 0.0309. The third-order valence-corrected chi connectivity index (χ3v) is 9.32. The molecule has 218 valence electrons. The molecule has 1 atom stereocenters. The Morgan fingerprint density at radius 2 is 1.32 bits per heavy atom. The summed E-state index contributed by atoms with van der Waals surface area (Å²) in [5.41, 5.74) is 8.36. The Morgan fingerprint density at radius 1 is 0.750 bits per heavy atom. The molecule has 5 aromatic rings. The number of halogens is 1. The first kappa shape index (κ1) is 28.1. The summed E-state index contributed by atoms with van der Waals surface area (Å²) >= 11 is 6.92. The predicted octanol–water partition coefficient (Wildman–Crippen LogP) is 9.12. The van der Waals surface area contributed by atoms with E-state index in [1.807, 2.05) is 72.8 Å². The lowest BCUT2D eigenvalue weighted by molar-refractivity contribution is 0.0752. The zero-order valence-corrected chi connectivity index (χ0v) is 25.0. The molecule has 0 N–H and O–H groups in total. The monoisotopic (exact) mass is 597 g/mol. The van der Waals surface area contributed by atoms with Crippen molar-refractivity contribution in [1.29, 1.82) is 0 Å².